The Hall–Kier alpha value is -5.11. The highest BCUT2D eigenvalue weighted by Crippen LogP contribution is 2.65. The van der Waals surface area contributed by atoms with Crippen molar-refractivity contribution in [1.82, 2.24) is 4.98 Å². The maximum absolute atomic E-state index is 13.5. The van der Waals surface area contributed by atoms with Crippen molar-refractivity contribution in [3.8, 4) is 17.0 Å². The number of rotatable bonds is 7. The average Bonchev–Trinajstić information content (AvgIpc) is 3.85. The average molecular weight is 585 g/mol. The summed E-state index contributed by atoms with van der Waals surface area (Å²) >= 11 is 0. The van der Waals surface area contributed by atoms with Crippen LogP contribution >= 0.6 is 0 Å². The molecule has 2 saturated carbocycles. The van der Waals surface area contributed by atoms with Crippen LogP contribution in [0.1, 0.15) is 27.1 Å². The molecule has 6 atom stereocenters. The van der Waals surface area contributed by atoms with E-state index in [2.05, 4.69) is 12.2 Å². The van der Waals surface area contributed by atoms with E-state index in [0.717, 1.165) is 6.42 Å². The highest BCUT2D eigenvalue weighted by atomic mass is 16.5. The van der Waals surface area contributed by atoms with E-state index in [1.165, 1.54) is 12.0 Å². The van der Waals surface area contributed by atoms with Gasteiger partial charge >= 0.3 is 5.97 Å². The van der Waals surface area contributed by atoms with E-state index in [4.69, 9.17) is 14.5 Å². The van der Waals surface area contributed by atoms with Gasteiger partial charge in [-0.2, -0.15) is 0 Å². The Morgan fingerprint density at radius 3 is 2.27 bits per heavy atom. The Morgan fingerprint density at radius 1 is 0.864 bits per heavy atom. The van der Waals surface area contributed by atoms with Gasteiger partial charge in [0, 0.05) is 16.5 Å². The van der Waals surface area contributed by atoms with Crippen LogP contribution in [0, 0.1) is 35.5 Å². The van der Waals surface area contributed by atoms with Crippen molar-refractivity contribution in [3.63, 3.8) is 0 Å². The summed E-state index contributed by atoms with van der Waals surface area (Å²) in [5.41, 5.74) is 3.03. The van der Waals surface area contributed by atoms with Crippen molar-refractivity contribution >= 4 is 40.2 Å². The number of ether oxygens (including phenoxy) is 2. The summed E-state index contributed by atoms with van der Waals surface area (Å²) in [5.74, 6) is 0.256. The van der Waals surface area contributed by atoms with Crippen LogP contribution < -0.4 is 9.64 Å². The van der Waals surface area contributed by atoms with Crippen LogP contribution in [0.5, 0.6) is 5.75 Å². The number of anilines is 1. The number of benzene rings is 3. The minimum absolute atomic E-state index is 0.102. The number of esters is 1. The van der Waals surface area contributed by atoms with Crippen molar-refractivity contribution in [1.29, 1.82) is 0 Å². The minimum atomic E-state index is -0.644. The number of carbonyl (C=O) groups is 4. The number of para-hydroxylation sites is 1. The van der Waals surface area contributed by atoms with Gasteiger partial charge in [0.25, 0.3) is 0 Å². The zero-order valence-corrected chi connectivity index (χ0v) is 23.9. The van der Waals surface area contributed by atoms with Gasteiger partial charge in [-0.3, -0.25) is 19.3 Å². The SMILES string of the molecule is COc1cccc(C(=O)COC(=O)c2cc(-c3ccc(N4C(=O)C5C6C=CC(C7CC67)C5C4=O)cc3)nc3ccccc23)c1. The first kappa shape index (κ1) is 26.5. The van der Waals surface area contributed by atoms with Crippen LogP contribution in [0.2, 0.25) is 0 Å². The predicted octanol–water partition coefficient (Wildman–Crippen LogP) is 5.51. The number of hydrogen-bond donors (Lipinski definition) is 0. The van der Waals surface area contributed by atoms with Crippen LogP contribution in [0.3, 0.4) is 0 Å². The number of ketones is 1. The summed E-state index contributed by atoms with van der Waals surface area (Å²) < 4.78 is 10.6. The first-order valence-corrected chi connectivity index (χ1v) is 14.8. The highest BCUT2D eigenvalue weighted by molar-refractivity contribution is 6.22. The van der Waals surface area contributed by atoms with Crippen molar-refractivity contribution in [2.75, 3.05) is 18.6 Å². The Balaban J connectivity index is 1.05. The number of fused-ring (bicyclic) bond motifs is 1. The number of hydrogen-bond acceptors (Lipinski definition) is 7. The summed E-state index contributed by atoms with van der Waals surface area (Å²) in [5, 5.41) is 0.601. The molecule has 1 aliphatic heterocycles. The smallest absolute Gasteiger partial charge is 0.339 e. The van der Waals surface area contributed by atoms with Crippen molar-refractivity contribution in [2.45, 2.75) is 6.42 Å². The second kappa shape index (κ2) is 9.98. The van der Waals surface area contributed by atoms with E-state index in [1.807, 2.05) is 18.2 Å². The fourth-order valence-electron chi connectivity index (χ4n) is 7.57. The molecule has 4 aromatic rings. The molecular formula is C36H28N2O6. The maximum atomic E-state index is 13.5. The van der Waals surface area contributed by atoms with E-state index in [1.54, 1.807) is 60.7 Å². The molecule has 44 heavy (non-hydrogen) atoms. The molecule has 1 aromatic heterocycles. The predicted molar refractivity (Wildman–Crippen MR) is 162 cm³/mol. The topological polar surface area (TPSA) is 103 Å². The van der Waals surface area contributed by atoms with E-state index in [9.17, 15) is 19.2 Å². The number of methoxy groups -OCH3 is 1. The number of aromatic nitrogens is 1. The van der Waals surface area contributed by atoms with Gasteiger partial charge in [-0.05, 0) is 66.5 Å². The van der Waals surface area contributed by atoms with E-state index < -0.39 is 12.6 Å². The minimum Gasteiger partial charge on any atom is -0.497 e. The normalized spacial score (nSPS) is 26.0. The van der Waals surface area contributed by atoms with Crippen LogP contribution in [0.4, 0.5) is 5.69 Å². The number of pyridine rings is 1. The molecule has 3 aromatic carbocycles. The molecule has 5 aliphatic rings. The molecule has 4 aliphatic carbocycles. The largest absolute Gasteiger partial charge is 0.497 e. The third kappa shape index (κ3) is 4.08. The number of carbonyl (C=O) groups excluding carboxylic acids is 4. The van der Waals surface area contributed by atoms with Crippen LogP contribution in [-0.2, 0) is 14.3 Å². The zero-order chi connectivity index (χ0) is 30.1. The molecule has 0 spiro atoms. The maximum Gasteiger partial charge on any atom is 0.339 e. The number of Topliss-reactive ketones (excluding diaryl/α,β-unsaturated/α-hetero) is 1. The number of allylic oxidation sites excluding steroid dienone is 2. The molecule has 0 radical (unpaired) electrons. The van der Waals surface area contributed by atoms with Crippen molar-refractivity contribution in [3.05, 3.63) is 102 Å². The lowest BCUT2D eigenvalue weighted by Gasteiger charge is -2.37. The molecule has 218 valence electrons. The third-order valence-corrected chi connectivity index (χ3v) is 9.75. The van der Waals surface area contributed by atoms with E-state index >= 15 is 0 Å². The van der Waals surface area contributed by atoms with Crippen molar-refractivity contribution in [2.24, 2.45) is 35.5 Å². The van der Waals surface area contributed by atoms with Gasteiger partial charge in [0.2, 0.25) is 11.8 Å². The molecule has 6 unspecified atom stereocenters. The van der Waals surface area contributed by atoms with Gasteiger partial charge in [0.15, 0.2) is 12.4 Å². The van der Waals surface area contributed by atoms with Gasteiger partial charge in [0.1, 0.15) is 5.75 Å². The number of amides is 2. The Labute approximate surface area is 253 Å². The molecule has 0 N–H and O–H groups in total. The number of nitrogens with zero attached hydrogens (tertiary/aromatic N) is 2. The molecule has 2 heterocycles. The Kier molecular flexibility index (Phi) is 6.01. The highest BCUT2D eigenvalue weighted by Gasteiger charge is 2.67. The zero-order valence-electron chi connectivity index (χ0n) is 23.9. The lowest BCUT2D eigenvalue weighted by molar-refractivity contribution is -0.124. The molecular weight excluding hydrogens is 556 g/mol. The second-order valence-electron chi connectivity index (χ2n) is 12.0. The summed E-state index contributed by atoms with van der Waals surface area (Å²) in [4.78, 5) is 59.2. The molecule has 1 saturated heterocycles. The summed E-state index contributed by atoms with van der Waals surface area (Å²) in [6.07, 6.45) is 5.46. The second-order valence-corrected chi connectivity index (χ2v) is 12.0. The molecule has 8 nitrogen and oxygen atoms in total. The lowest BCUT2D eigenvalue weighted by atomic mass is 9.63. The summed E-state index contributed by atoms with van der Waals surface area (Å²) in [7, 11) is 1.52. The van der Waals surface area contributed by atoms with E-state index in [-0.39, 0.29) is 46.8 Å². The molecule has 2 amide bonds. The first-order valence-electron chi connectivity index (χ1n) is 14.8. The quantitative estimate of drug-likeness (QED) is 0.122. The van der Waals surface area contributed by atoms with E-state index in [0.29, 0.717) is 51.0 Å². The van der Waals surface area contributed by atoms with Crippen molar-refractivity contribution < 1.29 is 28.7 Å². The first-order chi connectivity index (χ1) is 21.4. The lowest BCUT2D eigenvalue weighted by Crippen LogP contribution is -2.40. The van der Waals surface area contributed by atoms with Crippen LogP contribution in [0.25, 0.3) is 22.2 Å². The summed E-state index contributed by atoms with van der Waals surface area (Å²) in [6.45, 7) is -0.425. The molecule has 8 heteroatoms. The molecule has 3 fully saturated rings. The van der Waals surface area contributed by atoms with Gasteiger partial charge in [-0.15, -0.1) is 0 Å². The fourth-order valence-corrected chi connectivity index (χ4v) is 7.57. The van der Waals surface area contributed by atoms with Gasteiger partial charge < -0.3 is 9.47 Å². The van der Waals surface area contributed by atoms with Gasteiger partial charge in [0.05, 0.1) is 41.4 Å². The van der Waals surface area contributed by atoms with Gasteiger partial charge in [-0.25, -0.2) is 9.78 Å². The third-order valence-electron chi connectivity index (χ3n) is 9.75. The standard InChI is InChI=1S/C36H28N2O6/c1-43-22-6-4-5-20(15-22)31(39)18-44-36(42)28-17-30(37-29-8-3-2-7-23(28)29)19-9-11-21(12-10-19)38-34(40)32-24-13-14-25(27-16-26(24)27)33(32)35(38)41/h2-15,17,24-27,32-33H,16,18H2,1H3. The van der Waals surface area contributed by atoms with Crippen LogP contribution in [-0.4, -0.2) is 42.3 Å². The molecule has 2 bridgehead atoms. The Bertz CT molecular complexity index is 1880. The Morgan fingerprint density at radius 2 is 1.57 bits per heavy atom. The monoisotopic (exact) mass is 584 g/mol. The van der Waals surface area contributed by atoms with Gasteiger partial charge in [-0.1, -0.05) is 54.6 Å². The molecule has 9 rings (SSSR count). The fraction of sp³-hybridized carbons (Fsp3) is 0.250. The number of imide groups is 1. The van der Waals surface area contributed by atoms with Crippen LogP contribution in [0.15, 0.2) is 91.0 Å². The summed E-state index contributed by atoms with van der Waals surface area (Å²) in [6, 6.07) is 22.7.